The number of nitrogens with zero attached hydrogens (tertiary/aromatic N) is 3. The van der Waals surface area contributed by atoms with E-state index < -0.39 is 18.0 Å². The Morgan fingerprint density at radius 2 is 1.86 bits per heavy atom. The van der Waals surface area contributed by atoms with Gasteiger partial charge in [-0.15, -0.1) is 0 Å². The number of benzene rings is 2. The van der Waals surface area contributed by atoms with E-state index in [1.54, 1.807) is 30.5 Å². The zero-order valence-electron chi connectivity index (χ0n) is 18.7. The summed E-state index contributed by atoms with van der Waals surface area (Å²) < 4.78 is 45.8. The van der Waals surface area contributed by atoms with Gasteiger partial charge in [-0.25, -0.2) is 9.97 Å². The maximum Gasteiger partial charge on any atom is 0.417 e. The van der Waals surface area contributed by atoms with Crippen LogP contribution in [-0.2, 0) is 17.5 Å². The first-order valence-corrected chi connectivity index (χ1v) is 11.2. The predicted molar refractivity (Wildman–Crippen MR) is 125 cm³/mol. The summed E-state index contributed by atoms with van der Waals surface area (Å²) in [5.74, 6) is 0.552. The maximum atomic E-state index is 13.5. The van der Waals surface area contributed by atoms with Gasteiger partial charge in [-0.3, -0.25) is 4.90 Å². The topological polar surface area (TPSA) is 86.3 Å². The van der Waals surface area contributed by atoms with Gasteiger partial charge >= 0.3 is 6.18 Å². The van der Waals surface area contributed by atoms with Crippen molar-refractivity contribution in [2.45, 2.75) is 18.9 Å². The van der Waals surface area contributed by atoms with E-state index in [1.165, 1.54) is 18.2 Å². The Labute approximate surface area is 199 Å². The first-order chi connectivity index (χ1) is 16.9. The van der Waals surface area contributed by atoms with Crippen molar-refractivity contribution < 1.29 is 23.0 Å². The number of hydrogen-bond acceptors (Lipinski definition) is 6. The van der Waals surface area contributed by atoms with Crippen molar-refractivity contribution in [3.05, 3.63) is 77.5 Å². The van der Waals surface area contributed by atoms with Gasteiger partial charge in [0.2, 0.25) is 0 Å². The molecule has 182 valence electrons. The molecule has 0 bridgehead atoms. The molecule has 35 heavy (non-hydrogen) atoms. The van der Waals surface area contributed by atoms with E-state index in [2.05, 4.69) is 25.2 Å². The summed E-state index contributed by atoms with van der Waals surface area (Å²) in [7, 11) is 0. The number of morpholine rings is 1. The van der Waals surface area contributed by atoms with Crippen LogP contribution in [-0.4, -0.2) is 51.3 Å². The van der Waals surface area contributed by atoms with E-state index in [-0.39, 0.29) is 11.4 Å². The van der Waals surface area contributed by atoms with Gasteiger partial charge in [0.25, 0.3) is 0 Å². The number of nitrogens with one attached hydrogen (secondary N) is 2. The summed E-state index contributed by atoms with van der Waals surface area (Å²) in [5, 5.41) is 13.8. The van der Waals surface area contributed by atoms with Crippen LogP contribution in [0.5, 0.6) is 0 Å². The number of aliphatic hydroxyl groups is 1. The molecule has 1 atom stereocenters. The van der Waals surface area contributed by atoms with Crippen LogP contribution in [0.3, 0.4) is 0 Å². The highest BCUT2D eigenvalue weighted by atomic mass is 19.4. The molecule has 0 aliphatic carbocycles. The van der Waals surface area contributed by atoms with Gasteiger partial charge in [0.15, 0.2) is 6.23 Å². The van der Waals surface area contributed by atoms with Gasteiger partial charge < -0.3 is 20.1 Å². The number of anilines is 1. The number of ether oxygens (including phenoxy) is 1. The molecule has 7 nitrogen and oxygen atoms in total. The highest BCUT2D eigenvalue weighted by Crippen LogP contribution is 2.37. The fraction of sp³-hybridized carbons (Fsp3) is 0.280. The summed E-state index contributed by atoms with van der Waals surface area (Å²) in [6.07, 6.45) is -3.92. The lowest BCUT2D eigenvalue weighted by Gasteiger charge is -2.26. The molecule has 1 unspecified atom stereocenters. The number of alkyl halides is 3. The molecule has 3 heterocycles. The number of para-hydroxylation sites is 1. The van der Waals surface area contributed by atoms with Crippen molar-refractivity contribution in [1.82, 2.24) is 19.9 Å². The second-order valence-electron chi connectivity index (χ2n) is 8.36. The highest BCUT2D eigenvalue weighted by molar-refractivity contribution is 5.83. The number of aliphatic hydroxyl groups excluding tert-OH is 1. The van der Waals surface area contributed by atoms with Crippen molar-refractivity contribution >= 4 is 16.9 Å². The number of fused-ring (bicyclic) bond motifs is 1. The van der Waals surface area contributed by atoms with Crippen LogP contribution < -0.4 is 5.32 Å². The Balaban J connectivity index is 1.36. The van der Waals surface area contributed by atoms with E-state index in [1.807, 2.05) is 6.07 Å². The molecule has 5 rings (SSSR count). The number of imidazole rings is 1. The fourth-order valence-corrected chi connectivity index (χ4v) is 4.18. The minimum Gasteiger partial charge on any atom is -0.379 e. The third-order valence-corrected chi connectivity index (χ3v) is 5.95. The lowest BCUT2D eigenvalue weighted by Crippen LogP contribution is -2.35. The Bertz CT molecular complexity index is 1300. The first-order valence-electron chi connectivity index (χ1n) is 11.2. The van der Waals surface area contributed by atoms with Gasteiger partial charge in [-0.05, 0) is 23.8 Å². The van der Waals surface area contributed by atoms with Crippen LogP contribution in [0.15, 0.2) is 60.8 Å². The quantitative estimate of drug-likeness (QED) is 0.348. The number of aromatic amines is 1. The summed E-state index contributed by atoms with van der Waals surface area (Å²) in [6.45, 7) is 3.97. The molecule has 0 saturated carbocycles. The molecular weight excluding hydrogens is 459 g/mol. The predicted octanol–water partition coefficient (Wildman–Crippen LogP) is 4.58. The smallest absolute Gasteiger partial charge is 0.379 e. The van der Waals surface area contributed by atoms with Crippen LogP contribution in [0.1, 0.15) is 22.9 Å². The Morgan fingerprint density at radius 3 is 2.60 bits per heavy atom. The molecule has 0 spiro atoms. The average molecular weight is 483 g/mol. The van der Waals surface area contributed by atoms with Gasteiger partial charge in [0.05, 0.1) is 29.8 Å². The van der Waals surface area contributed by atoms with Crippen LogP contribution in [0.25, 0.3) is 22.4 Å². The van der Waals surface area contributed by atoms with E-state index in [0.717, 1.165) is 44.5 Å². The summed E-state index contributed by atoms with van der Waals surface area (Å²) in [4.78, 5) is 14.0. The Hall–Kier alpha value is -3.47. The largest absolute Gasteiger partial charge is 0.417 e. The second kappa shape index (κ2) is 9.65. The number of halogens is 3. The van der Waals surface area contributed by atoms with Crippen LogP contribution in [0, 0.1) is 0 Å². The van der Waals surface area contributed by atoms with Gasteiger partial charge in [0.1, 0.15) is 11.6 Å². The number of H-pyrrole nitrogens is 1. The molecule has 10 heteroatoms. The number of rotatable bonds is 6. The van der Waals surface area contributed by atoms with Gasteiger partial charge in [-0.2, -0.15) is 13.2 Å². The van der Waals surface area contributed by atoms with E-state index in [9.17, 15) is 18.3 Å². The molecule has 0 radical (unpaired) electrons. The van der Waals surface area contributed by atoms with Crippen LogP contribution >= 0.6 is 0 Å². The maximum absolute atomic E-state index is 13.5. The zero-order valence-corrected chi connectivity index (χ0v) is 18.7. The lowest BCUT2D eigenvalue weighted by molar-refractivity contribution is -0.137. The van der Waals surface area contributed by atoms with Crippen molar-refractivity contribution in [2.24, 2.45) is 0 Å². The Morgan fingerprint density at radius 1 is 1.06 bits per heavy atom. The van der Waals surface area contributed by atoms with Gasteiger partial charge in [0, 0.05) is 37.0 Å². The molecule has 1 fully saturated rings. The highest BCUT2D eigenvalue weighted by Gasteiger charge is 2.34. The molecule has 4 aromatic rings. The van der Waals surface area contributed by atoms with Crippen molar-refractivity contribution in [2.75, 3.05) is 31.6 Å². The van der Waals surface area contributed by atoms with E-state index in [4.69, 9.17) is 4.74 Å². The summed E-state index contributed by atoms with van der Waals surface area (Å²) in [5.41, 5.74) is 1.54. The minimum absolute atomic E-state index is 0.0536. The SMILES string of the molecule is OC(Nc1ccc(CN2CCOCC2)cn1)c1cccc2[nH]c(-c3ccccc3C(F)(F)F)nc12. The summed E-state index contributed by atoms with van der Waals surface area (Å²) in [6, 6.07) is 14.1. The van der Waals surface area contributed by atoms with Crippen molar-refractivity contribution in [1.29, 1.82) is 0 Å². The number of hydrogen-bond donors (Lipinski definition) is 3. The lowest BCUT2D eigenvalue weighted by atomic mass is 10.1. The Kier molecular flexibility index (Phi) is 6.42. The van der Waals surface area contributed by atoms with Gasteiger partial charge in [-0.1, -0.05) is 36.4 Å². The van der Waals surface area contributed by atoms with E-state index in [0.29, 0.717) is 22.4 Å². The molecular formula is C25H24F3N5O2. The normalized spacial score (nSPS) is 15.9. The second-order valence-corrected chi connectivity index (χ2v) is 8.36. The van der Waals surface area contributed by atoms with E-state index >= 15 is 0 Å². The molecule has 1 saturated heterocycles. The molecule has 2 aromatic heterocycles. The number of aromatic nitrogens is 3. The zero-order chi connectivity index (χ0) is 24.4. The van der Waals surface area contributed by atoms with Crippen LogP contribution in [0.4, 0.5) is 19.0 Å². The first kappa shape index (κ1) is 23.3. The average Bonchev–Trinajstić information content (AvgIpc) is 3.30. The molecule has 3 N–H and O–H groups in total. The molecule has 2 aromatic carbocycles. The molecule has 1 aliphatic rings. The fourth-order valence-electron chi connectivity index (χ4n) is 4.18. The standard InChI is InChI=1S/C25H24F3N5O2/c26-25(27,28)19-6-2-1-4-17(19)23-30-20-7-3-5-18(22(20)32-23)24(34)31-21-9-8-16(14-29-21)15-33-10-12-35-13-11-33/h1-9,14,24,34H,10-13,15H2,(H,29,31)(H,30,32). The third-order valence-electron chi connectivity index (χ3n) is 5.95. The monoisotopic (exact) mass is 483 g/mol. The van der Waals surface area contributed by atoms with Crippen LogP contribution in [0.2, 0.25) is 0 Å². The molecule has 0 amide bonds. The van der Waals surface area contributed by atoms with Crippen molar-refractivity contribution in [3.8, 4) is 11.4 Å². The summed E-state index contributed by atoms with van der Waals surface area (Å²) >= 11 is 0. The number of pyridine rings is 1. The third kappa shape index (κ3) is 5.14. The van der Waals surface area contributed by atoms with Crippen molar-refractivity contribution in [3.63, 3.8) is 0 Å². The molecule has 1 aliphatic heterocycles. The minimum atomic E-state index is -4.51.